The number of halogens is 1. The first-order chi connectivity index (χ1) is 10.6. The van der Waals surface area contributed by atoms with Crippen LogP contribution in [0.4, 0.5) is 4.39 Å². The van der Waals surface area contributed by atoms with Crippen LogP contribution in [0.2, 0.25) is 0 Å². The number of guanidine groups is 1. The van der Waals surface area contributed by atoms with Crippen molar-refractivity contribution in [2.24, 2.45) is 12.0 Å². The highest BCUT2D eigenvalue weighted by molar-refractivity contribution is 5.79. The molecule has 0 aliphatic rings. The summed E-state index contributed by atoms with van der Waals surface area (Å²) in [6.07, 6.45) is 1.52. The van der Waals surface area contributed by atoms with Crippen LogP contribution in [-0.2, 0) is 20.1 Å². The fraction of sp³-hybridized carbons (Fsp3) is 0.400. The number of aryl methyl sites for hydroxylation is 2. The van der Waals surface area contributed by atoms with Crippen molar-refractivity contribution in [3.8, 4) is 0 Å². The Labute approximate surface area is 129 Å². The minimum atomic E-state index is -0.194. The van der Waals surface area contributed by atoms with Crippen LogP contribution in [0.25, 0.3) is 0 Å². The molecule has 0 bridgehead atoms. The van der Waals surface area contributed by atoms with E-state index in [9.17, 15) is 4.39 Å². The molecule has 7 heteroatoms. The minimum Gasteiger partial charge on any atom is -0.357 e. The molecule has 0 saturated heterocycles. The number of aromatic nitrogens is 3. The van der Waals surface area contributed by atoms with E-state index >= 15 is 0 Å². The summed E-state index contributed by atoms with van der Waals surface area (Å²) < 4.78 is 15.0. The van der Waals surface area contributed by atoms with E-state index in [1.807, 2.05) is 20.0 Å². The number of nitrogens with zero attached hydrogens (tertiary/aromatic N) is 4. The van der Waals surface area contributed by atoms with E-state index in [4.69, 9.17) is 0 Å². The van der Waals surface area contributed by atoms with Crippen molar-refractivity contribution in [3.63, 3.8) is 0 Å². The molecule has 0 radical (unpaired) electrons. The van der Waals surface area contributed by atoms with E-state index in [0.717, 1.165) is 17.9 Å². The lowest BCUT2D eigenvalue weighted by Gasteiger charge is -2.11. The lowest BCUT2D eigenvalue weighted by molar-refractivity contribution is 0.617. The first-order valence-electron chi connectivity index (χ1n) is 7.20. The summed E-state index contributed by atoms with van der Waals surface area (Å²) >= 11 is 0. The summed E-state index contributed by atoms with van der Waals surface area (Å²) in [5.74, 6) is 1.32. The van der Waals surface area contributed by atoms with Gasteiger partial charge in [-0.1, -0.05) is 12.1 Å². The molecule has 2 N–H and O–H groups in total. The Morgan fingerprint density at radius 3 is 2.82 bits per heavy atom. The third-order valence-electron chi connectivity index (χ3n) is 3.21. The number of hydrogen-bond acceptors (Lipinski definition) is 3. The Kier molecular flexibility index (Phi) is 5.46. The zero-order valence-electron chi connectivity index (χ0n) is 13.1. The first kappa shape index (κ1) is 15.9. The van der Waals surface area contributed by atoms with Crippen LogP contribution in [0.15, 0.2) is 29.5 Å². The quantitative estimate of drug-likeness (QED) is 0.649. The molecular formula is C15H21FN6. The highest BCUT2D eigenvalue weighted by Crippen LogP contribution is 2.10. The van der Waals surface area contributed by atoms with Gasteiger partial charge in [0, 0.05) is 13.6 Å². The Morgan fingerprint density at radius 1 is 1.36 bits per heavy atom. The van der Waals surface area contributed by atoms with Gasteiger partial charge in [-0.05, 0) is 31.0 Å². The lowest BCUT2D eigenvalue weighted by atomic mass is 10.1. The summed E-state index contributed by atoms with van der Waals surface area (Å²) in [6, 6.07) is 5.03. The van der Waals surface area contributed by atoms with Gasteiger partial charge in [-0.3, -0.25) is 4.68 Å². The van der Waals surface area contributed by atoms with Crippen molar-refractivity contribution in [1.29, 1.82) is 0 Å². The molecule has 1 aromatic heterocycles. The molecule has 2 aromatic rings. The van der Waals surface area contributed by atoms with Gasteiger partial charge in [0.15, 0.2) is 5.96 Å². The summed E-state index contributed by atoms with van der Waals surface area (Å²) in [4.78, 5) is 8.65. The normalized spacial score (nSPS) is 11.5. The fourth-order valence-corrected chi connectivity index (χ4v) is 1.96. The third-order valence-corrected chi connectivity index (χ3v) is 3.21. The van der Waals surface area contributed by atoms with Crippen LogP contribution in [0.5, 0.6) is 0 Å². The van der Waals surface area contributed by atoms with E-state index in [0.29, 0.717) is 24.6 Å². The summed E-state index contributed by atoms with van der Waals surface area (Å²) in [5.41, 5.74) is 1.60. The summed E-state index contributed by atoms with van der Waals surface area (Å²) in [6.45, 7) is 5.52. The summed E-state index contributed by atoms with van der Waals surface area (Å²) in [7, 11) is 1.84. The van der Waals surface area contributed by atoms with Crippen molar-refractivity contribution in [1.82, 2.24) is 25.4 Å². The maximum absolute atomic E-state index is 13.3. The van der Waals surface area contributed by atoms with E-state index in [1.54, 1.807) is 17.7 Å². The van der Waals surface area contributed by atoms with Gasteiger partial charge in [-0.2, -0.15) is 5.10 Å². The van der Waals surface area contributed by atoms with Gasteiger partial charge in [-0.25, -0.2) is 14.4 Å². The van der Waals surface area contributed by atoms with E-state index in [1.165, 1.54) is 12.4 Å². The molecule has 0 saturated carbocycles. The van der Waals surface area contributed by atoms with E-state index in [-0.39, 0.29) is 5.82 Å². The fourth-order valence-electron chi connectivity index (χ4n) is 1.96. The van der Waals surface area contributed by atoms with Crippen molar-refractivity contribution in [2.75, 3.05) is 6.54 Å². The molecule has 1 aromatic carbocycles. The second-order valence-electron chi connectivity index (χ2n) is 4.93. The maximum atomic E-state index is 13.3. The standard InChI is InChI=1S/C15H21FN6/c1-4-17-15(19-9-14-20-10-21-22(14)3)18-8-12-5-6-13(16)11(2)7-12/h5-7,10H,4,8-9H2,1-3H3,(H2,17,18,19). The van der Waals surface area contributed by atoms with Gasteiger partial charge >= 0.3 is 0 Å². The average molecular weight is 304 g/mol. The van der Waals surface area contributed by atoms with Crippen LogP contribution in [0.1, 0.15) is 23.9 Å². The van der Waals surface area contributed by atoms with Gasteiger partial charge < -0.3 is 10.6 Å². The minimum absolute atomic E-state index is 0.194. The van der Waals surface area contributed by atoms with Crippen molar-refractivity contribution >= 4 is 5.96 Å². The highest BCUT2D eigenvalue weighted by Gasteiger charge is 2.03. The molecule has 1 heterocycles. The number of hydrogen-bond donors (Lipinski definition) is 2. The number of benzene rings is 1. The SMILES string of the molecule is CCNC(=NCc1ccc(F)c(C)c1)NCc1ncnn1C. The zero-order chi connectivity index (χ0) is 15.9. The Morgan fingerprint density at radius 2 is 2.18 bits per heavy atom. The van der Waals surface area contributed by atoms with Crippen LogP contribution in [-0.4, -0.2) is 27.3 Å². The predicted octanol–water partition coefficient (Wildman–Crippen LogP) is 1.52. The largest absolute Gasteiger partial charge is 0.357 e. The zero-order valence-corrected chi connectivity index (χ0v) is 13.1. The Hall–Kier alpha value is -2.44. The number of rotatable bonds is 5. The highest BCUT2D eigenvalue weighted by atomic mass is 19.1. The Bertz CT molecular complexity index is 649. The molecular weight excluding hydrogens is 283 g/mol. The second-order valence-corrected chi connectivity index (χ2v) is 4.93. The number of aliphatic imine (C=N–C) groups is 1. The van der Waals surface area contributed by atoms with Crippen molar-refractivity contribution < 1.29 is 4.39 Å². The molecule has 2 rings (SSSR count). The average Bonchev–Trinajstić information content (AvgIpc) is 2.91. The topological polar surface area (TPSA) is 67.1 Å². The van der Waals surface area contributed by atoms with Gasteiger partial charge in [-0.15, -0.1) is 0 Å². The molecule has 22 heavy (non-hydrogen) atoms. The lowest BCUT2D eigenvalue weighted by Crippen LogP contribution is -2.37. The molecule has 0 fully saturated rings. The third kappa shape index (κ3) is 4.28. The van der Waals surface area contributed by atoms with Crippen LogP contribution >= 0.6 is 0 Å². The predicted molar refractivity (Wildman–Crippen MR) is 83.8 cm³/mol. The maximum Gasteiger partial charge on any atom is 0.191 e. The van der Waals surface area contributed by atoms with Gasteiger partial charge in [0.25, 0.3) is 0 Å². The first-order valence-corrected chi connectivity index (χ1v) is 7.20. The Balaban J connectivity index is 2.00. The molecule has 0 aliphatic carbocycles. The van der Waals surface area contributed by atoms with E-state index in [2.05, 4.69) is 25.7 Å². The van der Waals surface area contributed by atoms with Gasteiger partial charge in [0.1, 0.15) is 18.0 Å². The van der Waals surface area contributed by atoms with E-state index < -0.39 is 0 Å². The molecule has 6 nitrogen and oxygen atoms in total. The second kappa shape index (κ2) is 7.53. The summed E-state index contributed by atoms with van der Waals surface area (Å²) in [5, 5.41) is 10.4. The molecule has 0 spiro atoms. The number of nitrogens with one attached hydrogen (secondary N) is 2. The molecule has 0 amide bonds. The van der Waals surface area contributed by atoms with Crippen LogP contribution in [0.3, 0.4) is 0 Å². The molecule has 0 aliphatic heterocycles. The van der Waals surface area contributed by atoms with Gasteiger partial charge in [0.2, 0.25) is 0 Å². The molecule has 0 atom stereocenters. The molecule has 0 unspecified atom stereocenters. The van der Waals surface area contributed by atoms with Crippen LogP contribution < -0.4 is 10.6 Å². The monoisotopic (exact) mass is 304 g/mol. The van der Waals surface area contributed by atoms with Crippen molar-refractivity contribution in [3.05, 3.63) is 47.3 Å². The van der Waals surface area contributed by atoms with Gasteiger partial charge in [0.05, 0.1) is 13.1 Å². The van der Waals surface area contributed by atoms with Crippen LogP contribution in [0, 0.1) is 12.7 Å². The smallest absolute Gasteiger partial charge is 0.191 e. The molecule has 118 valence electrons. The van der Waals surface area contributed by atoms with Crippen molar-refractivity contribution in [2.45, 2.75) is 26.9 Å².